The Balaban J connectivity index is 0.00000148. The number of rotatable bonds is 10. The number of aliphatic hydroxyl groups is 1. The average Bonchev–Trinajstić information content (AvgIpc) is 3.18. The second-order valence-electron chi connectivity index (χ2n) is 9.17. The van der Waals surface area contributed by atoms with E-state index in [1.165, 1.54) is 24.8 Å². The number of hydrogen-bond donors (Lipinski definition) is 4. The zero-order chi connectivity index (χ0) is 25.5. The molecule has 0 amide bonds. The van der Waals surface area contributed by atoms with Crippen molar-refractivity contribution in [3.8, 4) is 5.75 Å². The number of aromatic nitrogens is 3. The van der Waals surface area contributed by atoms with E-state index in [0.29, 0.717) is 12.6 Å². The van der Waals surface area contributed by atoms with Gasteiger partial charge in [-0.15, -0.1) is 0 Å². The lowest BCUT2D eigenvalue weighted by molar-refractivity contribution is 0.338. The van der Waals surface area contributed by atoms with Gasteiger partial charge in [0.25, 0.3) is 0 Å². The van der Waals surface area contributed by atoms with E-state index >= 15 is 0 Å². The molecule has 0 saturated heterocycles. The number of nitrogens with zero attached hydrogens (tertiary/aromatic N) is 3. The molecule has 4 aromatic rings. The summed E-state index contributed by atoms with van der Waals surface area (Å²) in [6, 6.07) is 15.5. The Morgan fingerprint density at radius 1 is 1.14 bits per heavy atom. The lowest BCUT2D eigenvalue weighted by Crippen LogP contribution is -2.34. The SMILES string of the molecule is CCCCNc1nc(N)nc2c3ccccc3n(Cc3cc(CNC4CCC4)ccc3OC)c12.CO. The lowest BCUT2D eigenvalue weighted by atomic mass is 9.93. The molecule has 2 heterocycles. The highest BCUT2D eigenvalue weighted by atomic mass is 16.5. The molecule has 0 spiro atoms. The number of fused-ring (bicyclic) bond motifs is 3. The highest BCUT2D eigenvalue weighted by Gasteiger charge is 2.20. The van der Waals surface area contributed by atoms with Crippen LogP contribution in [0.5, 0.6) is 5.75 Å². The number of anilines is 2. The molecule has 0 aliphatic heterocycles. The number of nitrogens with one attached hydrogen (secondary N) is 2. The highest BCUT2D eigenvalue weighted by molar-refractivity contribution is 6.09. The Kier molecular flexibility index (Phi) is 8.61. The summed E-state index contributed by atoms with van der Waals surface area (Å²) in [5, 5.41) is 15.3. The van der Waals surface area contributed by atoms with Crippen LogP contribution >= 0.6 is 0 Å². The van der Waals surface area contributed by atoms with Crippen molar-refractivity contribution in [3.05, 3.63) is 53.6 Å². The van der Waals surface area contributed by atoms with Gasteiger partial charge in [0.05, 0.1) is 19.2 Å². The predicted octanol–water partition coefficient (Wildman–Crippen LogP) is 4.69. The number of hydrogen-bond acceptors (Lipinski definition) is 7. The van der Waals surface area contributed by atoms with E-state index < -0.39 is 0 Å². The van der Waals surface area contributed by atoms with Gasteiger partial charge in [0, 0.05) is 37.2 Å². The normalized spacial score (nSPS) is 13.3. The number of nitrogen functional groups attached to an aromatic ring is 1. The second kappa shape index (κ2) is 12.1. The third-order valence-electron chi connectivity index (χ3n) is 6.82. The van der Waals surface area contributed by atoms with Gasteiger partial charge in [0.2, 0.25) is 5.95 Å². The minimum absolute atomic E-state index is 0.288. The van der Waals surface area contributed by atoms with E-state index in [0.717, 1.165) is 72.1 Å². The minimum atomic E-state index is 0.288. The van der Waals surface area contributed by atoms with Gasteiger partial charge >= 0.3 is 0 Å². The van der Waals surface area contributed by atoms with Crippen LogP contribution in [0.3, 0.4) is 0 Å². The molecule has 5 rings (SSSR count). The summed E-state index contributed by atoms with van der Waals surface area (Å²) >= 11 is 0. The summed E-state index contributed by atoms with van der Waals surface area (Å²) in [4.78, 5) is 9.23. The van der Waals surface area contributed by atoms with Crippen molar-refractivity contribution in [1.82, 2.24) is 19.9 Å². The third-order valence-corrected chi connectivity index (χ3v) is 6.82. The van der Waals surface area contributed by atoms with Crippen molar-refractivity contribution >= 4 is 33.7 Å². The molecular weight excluding hydrogens is 452 g/mol. The molecule has 1 fully saturated rings. The molecule has 1 aliphatic rings. The van der Waals surface area contributed by atoms with E-state index in [2.05, 4.69) is 68.5 Å². The fourth-order valence-corrected chi connectivity index (χ4v) is 4.73. The van der Waals surface area contributed by atoms with Crippen LogP contribution in [0.2, 0.25) is 0 Å². The van der Waals surface area contributed by atoms with Crippen LogP contribution < -0.4 is 21.1 Å². The van der Waals surface area contributed by atoms with Gasteiger partial charge in [-0.25, -0.2) is 4.98 Å². The molecule has 36 heavy (non-hydrogen) atoms. The molecule has 192 valence electrons. The zero-order valence-electron chi connectivity index (χ0n) is 21.6. The maximum absolute atomic E-state index is 7.00. The van der Waals surface area contributed by atoms with Crippen LogP contribution in [0.1, 0.15) is 50.2 Å². The summed E-state index contributed by atoms with van der Waals surface area (Å²) in [5.74, 6) is 1.96. The van der Waals surface area contributed by atoms with Gasteiger partial charge in [-0.3, -0.25) is 0 Å². The van der Waals surface area contributed by atoms with E-state index in [1.54, 1.807) is 7.11 Å². The quantitative estimate of drug-likeness (QED) is 0.239. The van der Waals surface area contributed by atoms with E-state index in [9.17, 15) is 0 Å². The van der Waals surface area contributed by atoms with Crippen molar-refractivity contribution in [2.75, 3.05) is 31.8 Å². The first-order chi connectivity index (χ1) is 17.7. The average molecular weight is 491 g/mol. The largest absolute Gasteiger partial charge is 0.496 e. The van der Waals surface area contributed by atoms with E-state index in [1.807, 2.05) is 6.07 Å². The van der Waals surface area contributed by atoms with Gasteiger partial charge in [-0.05, 0) is 43.0 Å². The predicted molar refractivity (Wildman–Crippen MR) is 148 cm³/mol. The summed E-state index contributed by atoms with van der Waals surface area (Å²) in [7, 11) is 2.73. The van der Waals surface area contributed by atoms with Crippen LogP contribution in [-0.2, 0) is 13.1 Å². The summed E-state index contributed by atoms with van der Waals surface area (Å²) in [5.41, 5.74) is 11.5. The molecule has 0 atom stereocenters. The molecule has 0 bridgehead atoms. The first-order valence-electron chi connectivity index (χ1n) is 12.8. The molecule has 8 nitrogen and oxygen atoms in total. The fourth-order valence-electron chi connectivity index (χ4n) is 4.73. The smallest absolute Gasteiger partial charge is 0.222 e. The second-order valence-corrected chi connectivity index (χ2v) is 9.17. The zero-order valence-corrected chi connectivity index (χ0v) is 21.6. The Hall–Kier alpha value is -3.36. The number of methoxy groups -OCH3 is 1. The summed E-state index contributed by atoms with van der Waals surface area (Å²) in [6.07, 6.45) is 6.07. The lowest BCUT2D eigenvalue weighted by Gasteiger charge is -2.26. The first-order valence-corrected chi connectivity index (χ1v) is 12.8. The van der Waals surface area contributed by atoms with Crippen molar-refractivity contribution < 1.29 is 9.84 Å². The molecule has 2 aromatic heterocycles. The fraction of sp³-hybridized carbons (Fsp3) is 0.429. The van der Waals surface area contributed by atoms with Crippen molar-refractivity contribution in [2.24, 2.45) is 0 Å². The van der Waals surface area contributed by atoms with Crippen LogP contribution in [0.25, 0.3) is 21.9 Å². The maximum Gasteiger partial charge on any atom is 0.222 e. The van der Waals surface area contributed by atoms with Gasteiger partial charge < -0.3 is 30.8 Å². The topological polar surface area (TPSA) is 110 Å². The number of nitrogens with two attached hydrogens (primary N) is 1. The maximum atomic E-state index is 7.00. The first kappa shape index (κ1) is 25.7. The summed E-state index contributed by atoms with van der Waals surface area (Å²) in [6.45, 7) is 4.55. The highest BCUT2D eigenvalue weighted by Crippen LogP contribution is 2.34. The Morgan fingerprint density at radius 3 is 2.67 bits per heavy atom. The molecule has 0 unspecified atom stereocenters. The number of benzene rings is 2. The molecule has 1 saturated carbocycles. The van der Waals surface area contributed by atoms with Gasteiger partial charge in [0.15, 0.2) is 5.82 Å². The van der Waals surface area contributed by atoms with Crippen LogP contribution in [-0.4, -0.2) is 46.4 Å². The number of unbranched alkanes of at least 4 members (excludes halogenated alkanes) is 1. The molecular formula is C28H38N6O2. The monoisotopic (exact) mass is 490 g/mol. The van der Waals surface area contributed by atoms with Crippen LogP contribution in [0.4, 0.5) is 11.8 Å². The third kappa shape index (κ3) is 5.39. The molecule has 1 aliphatic carbocycles. The minimum Gasteiger partial charge on any atom is -0.496 e. The van der Waals surface area contributed by atoms with Crippen molar-refractivity contribution in [1.29, 1.82) is 0 Å². The van der Waals surface area contributed by atoms with E-state index in [-0.39, 0.29) is 5.95 Å². The number of para-hydroxylation sites is 1. The van der Waals surface area contributed by atoms with Crippen molar-refractivity contribution in [2.45, 2.75) is 58.2 Å². The van der Waals surface area contributed by atoms with Crippen molar-refractivity contribution in [3.63, 3.8) is 0 Å². The molecule has 5 N–H and O–H groups in total. The van der Waals surface area contributed by atoms with Gasteiger partial charge in [-0.2, -0.15) is 4.98 Å². The Morgan fingerprint density at radius 2 is 1.94 bits per heavy atom. The standard InChI is InChI=1S/C27H34N6O.CH4O/c1-3-4-14-29-26-25-24(31-27(28)32-26)21-10-5-6-11-22(21)33(25)17-19-15-18(12-13-23(19)34-2)16-30-20-8-7-9-20;1-2/h5-6,10-13,15,20,30H,3-4,7-9,14,16-17H2,1-2H3,(H3,28,29,31,32);2H,1H3. The molecule has 8 heteroatoms. The van der Waals surface area contributed by atoms with Crippen LogP contribution in [0, 0.1) is 0 Å². The van der Waals surface area contributed by atoms with E-state index in [4.69, 9.17) is 15.6 Å². The Labute approximate surface area is 212 Å². The molecule has 0 radical (unpaired) electrons. The van der Waals surface area contributed by atoms with Crippen LogP contribution in [0.15, 0.2) is 42.5 Å². The van der Waals surface area contributed by atoms with Gasteiger partial charge in [-0.1, -0.05) is 44.0 Å². The molecule has 2 aromatic carbocycles. The summed E-state index contributed by atoms with van der Waals surface area (Å²) < 4.78 is 8.05. The Bertz CT molecular complexity index is 1300. The number of ether oxygens (including phenoxy) is 1. The van der Waals surface area contributed by atoms with Gasteiger partial charge in [0.1, 0.15) is 16.8 Å². The number of aliphatic hydroxyl groups excluding tert-OH is 1.